The number of aromatic nitrogens is 1. The Hall–Kier alpha value is -3.30. The van der Waals surface area contributed by atoms with E-state index in [4.69, 9.17) is 10.00 Å². The second-order valence-electron chi connectivity index (χ2n) is 6.30. The van der Waals surface area contributed by atoms with Gasteiger partial charge in [-0.25, -0.2) is 4.39 Å². The highest BCUT2D eigenvalue weighted by molar-refractivity contribution is 9.10. The Morgan fingerprint density at radius 1 is 1.24 bits per heavy atom. The lowest BCUT2D eigenvalue weighted by molar-refractivity contribution is 0.111. The fourth-order valence-electron chi connectivity index (χ4n) is 2.69. The van der Waals surface area contributed by atoms with Crippen molar-refractivity contribution >= 4 is 34.1 Å². The van der Waals surface area contributed by atoms with E-state index in [0.29, 0.717) is 28.5 Å². The number of hydrogen-bond donors (Lipinski definition) is 0. The summed E-state index contributed by atoms with van der Waals surface area (Å²) in [6.45, 7) is 2.00. The molecular weight excluding hydrogens is 435 g/mol. The Morgan fingerprint density at radius 2 is 2.07 bits per heavy atom. The molecule has 0 amide bonds. The molecule has 2 aromatic carbocycles. The average Bonchev–Trinajstić information content (AvgIpc) is 2.75. The molecule has 3 aromatic rings. The zero-order valence-electron chi connectivity index (χ0n) is 15.5. The molecule has 29 heavy (non-hydrogen) atoms. The van der Waals surface area contributed by atoms with E-state index in [-0.39, 0.29) is 12.4 Å². The van der Waals surface area contributed by atoms with Crippen molar-refractivity contribution in [2.75, 3.05) is 0 Å². The van der Waals surface area contributed by atoms with Crippen LogP contribution in [0.5, 0.6) is 5.75 Å². The molecule has 1 aromatic heterocycles. The molecule has 0 aliphatic carbocycles. The Balaban J connectivity index is 1.88. The second-order valence-corrected chi connectivity index (χ2v) is 7.15. The lowest BCUT2D eigenvalue weighted by Gasteiger charge is -2.10. The molecule has 3 rings (SSSR count). The monoisotopic (exact) mass is 450 g/mol. The number of ether oxygens (including phenoxy) is 1. The predicted octanol–water partition coefficient (Wildman–Crippen LogP) is 5.88. The molecule has 0 radical (unpaired) electrons. The van der Waals surface area contributed by atoms with Crippen LogP contribution < -0.4 is 4.74 Å². The van der Waals surface area contributed by atoms with Crippen LogP contribution >= 0.6 is 15.9 Å². The minimum atomic E-state index is -0.443. The highest BCUT2D eigenvalue weighted by atomic mass is 79.9. The molecule has 0 N–H and O–H groups in total. The van der Waals surface area contributed by atoms with Gasteiger partial charge in [-0.3, -0.25) is 9.78 Å². The number of carbonyl (C=O) groups is 1. The number of carbonyl (C=O) groups excluding carboxylic acids is 1. The normalized spacial score (nSPS) is 11.0. The van der Waals surface area contributed by atoms with Gasteiger partial charge in [-0.1, -0.05) is 34.1 Å². The summed E-state index contributed by atoms with van der Waals surface area (Å²) >= 11 is 3.44. The summed E-state index contributed by atoms with van der Waals surface area (Å²) in [6.07, 6.45) is 5.12. The molecule has 0 atom stereocenters. The van der Waals surface area contributed by atoms with Gasteiger partial charge in [0, 0.05) is 28.0 Å². The molecular formula is C23H16BrFN2O2. The van der Waals surface area contributed by atoms with Gasteiger partial charge in [0.2, 0.25) is 0 Å². The summed E-state index contributed by atoms with van der Waals surface area (Å²) in [7, 11) is 0. The van der Waals surface area contributed by atoms with Gasteiger partial charge in [-0.05, 0) is 48.4 Å². The molecule has 0 aliphatic rings. The molecule has 0 bridgehead atoms. The van der Waals surface area contributed by atoms with Crippen LogP contribution in [0.4, 0.5) is 4.39 Å². The Kier molecular flexibility index (Phi) is 6.53. The highest BCUT2D eigenvalue weighted by Gasteiger charge is 2.10. The molecule has 0 saturated carbocycles. The smallest absolute Gasteiger partial charge is 0.153 e. The van der Waals surface area contributed by atoms with E-state index < -0.39 is 5.83 Å². The average molecular weight is 451 g/mol. The van der Waals surface area contributed by atoms with Crippen LogP contribution in [0.25, 0.3) is 11.9 Å². The van der Waals surface area contributed by atoms with E-state index in [2.05, 4.69) is 20.9 Å². The van der Waals surface area contributed by atoms with Gasteiger partial charge >= 0.3 is 0 Å². The van der Waals surface area contributed by atoms with E-state index in [1.165, 1.54) is 30.5 Å². The first-order valence-electron chi connectivity index (χ1n) is 8.70. The van der Waals surface area contributed by atoms with Crippen LogP contribution in [0.3, 0.4) is 0 Å². The molecule has 0 unspecified atom stereocenters. The third kappa shape index (κ3) is 4.95. The van der Waals surface area contributed by atoms with Gasteiger partial charge in [0.15, 0.2) is 6.29 Å². The van der Waals surface area contributed by atoms with Crippen LogP contribution in [-0.2, 0) is 6.61 Å². The van der Waals surface area contributed by atoms with Crippen LogP contribution in [0.1, 0.15) is 38.2 Å². The standard InChI is InChI=1S/C23H16BrFN2O2/c1-15-18(3-2-4-21(15)24)8-22(25)19-5-6-20(13-28)23(9-19)29-14-17-7-16(10-26)11-27-12-17/h2-9,11-13H,14H2,1H3. The number of benzene rings is 2. The summed E-state index contributed by atoms with van der Waals surface area (Å²) < 4.78 is 21.5. The van der Waals surface area contributed by atoms with Crippen molar-refractivity contribution in [1.82, 2.24) is 4.98 Å². The Labute approximate surface area is 176 Å². The fraction of sp³-hybridized carbons (Fsp3) is 0.0870. The van der Waals surface area contributed by atoms with Crippen LogP contribution in [0.15, 0.2) is 59.3 Å². The number of rotatable bonds is 6. The zero-order valence-corrected chi connectivity index (χ0v) is 17.1. The molecule has 6 heteroatoms. The van der Waals surface area contributed by atoms with E-state index in [1.807, 2.05) is 31.2 Å². The number of aldehydes is 1. The summed E-state index contributed by atoms with van der Waals surface area (Å²) in [5.41, 5.74) is 3.37. The number of hydrogen-bond acceptors (Lipinski definition) is 4. The largest absolute Gasteiger partial charge is 0.488 e. The van der Waals surface area contributed by atoms with Gasteiger partial charge in [-0.2, -0.15) is 5.26 Å². The zero-order chi connectivity index (χ0) is 20.8. The lowest BCUT2D eigenvalue weighted by atomic mass is 10.1. The minimum Gasteiger partial charge on any atom is -0.488 e. The summed E-state index contributed by atoms with van der Waals surface area (Å²) in [6, 6.07) is 13.8. The van der Waals surface area contributed by atoms with Gasteiger partial charge in [0.1, 0.15) is 24.3 Å². The van der Waals surface area contributed by atoms with Crippen molar-refractivity contribution in [1.29, 1.82) is 5.26 Å². The lowest BCUT2D eigenvalue weighted by Crippen LogP contribution is -2.00. The number of nitriles is 1. The first kappa shape index (κ1) is 20.4. The van der Waals surface area contributed by atoms with E-state index >= 15 is 0 Å². The molecule has 4 nitrogen and oxygen atoms in total. The van der Waals surface area contributed by atoms with Crippen LogP contribution in [0.2, 0.25) is 0 Å². The van der Waals surface area contributed by atoms with E-state index in [9.17, 15) is 9.18 Å². The highest BCUT2D eigenvalue weighted by Crippen LogP contribution is 2.29. The number of nitrogens with zero attached hydrogens (tertiary/aromatic N) is 2. The molecule has 0 saturated heterocycles. The van der Waals surface area contributed by atoms with Crippen LogP contribution in [-0.4, -0.2) is 11.3 Å². The summed E-state index contributed by atoms with van der Waals surface area (Å²) in [5, 5.41) is 8.96. The maximum absolute atomic E-state index is 14.9. The van der Waals surface area contributed by atoms with Gasteiger partial charge in [-0.15, -0.1) is 0 Å². The first-order chi connectivity index (χ1) is 14.0. The van der Waals surface area contributed by atoms with Crippen molar-refractivity contribution in [2.45, 2.75) is 13.5 Å². The van der Waals surface area contributed by atoms with Crippen molar-refractivity contribution < 1.29 is 13.9 Å². The maximum Gasteiger partial charge on any atom is 0.153 e. The summed E-state index contributed by atoms with van der Waals surface area (Å²) in [4.78, 5) is 15.3. The molecule has 0 fully saturated rings. The van der Waals surface area contributed by atoms with Crippen LogP contribution in [0, 0.1) is 18.3 Å². The second kappa shape index (κ2) is 9.26. The molecule has 144 valence electrons. The quantitative estimate of drug-likeness (QED) is 0.347. The van der Waals surface area contributed by atoms with Gasteiger partial charge < -0.3 is 4.74 Å². The molecule has 0 aliphatic heterocycles. The topological polar surface area (TPSA) is 63.0 Å². The number of halogens is 2. The molecule has 0 spiro atoms. The molecule has 1 heterocycles. The number of pyridine rings is 1. The Bertz CT molecular complexity index is 1140. The van der Waals surface area contributed by atoms with Crippen molar-refractivity contribution in [3.05, 3.63) is 92.7 Å². The van der Waals surface area contributed by atoms with E-state index in [1.54, 1.807) is 12.3 Å². The van der Waals surface area contributed by atoms with Crippen molar-refractivity contribution in [2.24, 2.45) is 0 Å². The van der Waals surface area contributed by atoms with Crippen molar-refractivity contribution in [3.63, 3.8) is 0 Å². The van der Waals surface area contributed by atoms with Gasteiger partial charge in [0.05, 0.1) is 11.1 Å². The fourth-order valence-corrected chi connectivity index (χ4v) is 3.08. The van der Waals surface area contributed by atoms with E-state index in [0.717, 1.165) is 15.6 Å². The third-order valence-electron chi connectivity index (χ3n) is 4.33. The third-order valence-corrected chi connectivity index (χ3v) is 5.19. The maximum atomic E-state index is 14.9. The summed E-state index contributed by atoms with van der Waals surface area (Å²) in [5.74, 6) is -0.184. The first-order valence-corrected chi connectivity index (χ1v) is 9.50. The van der Waals surface area contributed by atoms with Crippen molar-refractivity contribution in [3.8, 4) is 11.8 Å². The van der Waals surface area contributed by atoms with Gasteiger partial charge in [0.25, 0.3) is 0 Å². The SMILES string of the molecule is Cc1c(Br)cccc1C=C(F)c1ccc(C=O)c(OCc2cncc(C#N)c2)c1. The predicted molar refractivity (Wildman–Crippen MR) is 113 cm³/mol. The Morgan fingerprint density at radius 3 is 2.83 bits per heavy atom. The minimum absolute atomic E-state index is 0.100.